The SMILES string of the molecule is C1CCNCC1.O=C1COc2ccc(O)cc2N1. The monoisotopic (exact) mass is 250 g/mol. The number of carbonyl (C=O) groups excluding carboxylic acids is 1. The summed E-state index contributed by atoms with van der Waals surface area (Å²) in [5.74, 6) is 0.500. The molecule has 2 aliphatic heterocycles. The van der Waals surface area contributed by atoms with E-state index in [4.69, 9.17) is 9.84 Å². The maximum absolute atomic E-state index is 10.8. The van der Waals surface area contributed by atoms with Crippen LogP contribution in [-0.4, -0.2) is 30.7 Å². The third-order valence-electron chi connectivity index (χ3n) is 2.80. The number of phenolic OH excluding ortho intramolecular Hbond substituents is 1. The second-order valence-corrected chi connectivity index (χ2v) is 4.33. The van der Waals surface area contributed by atoms with E-state index in [-0.39, 0.29) is 18.3 Å². The zero-order valence-corrected chi connectivity index (χ0v) is 10.2. The van der Waals surface area contributed by atoms with Crippen molar-refractivity contribution in [3.8, 4) is 11.5 Å². The van der Waals surface area contributed by atoms with Gasteiger partial charge in [0.05, 0.1) is 5.69 Å². The molecule has 3 rings (SSSR count). The van der Waals surface area contributed by atoms with Crippen molar-refractivity contribution in [2.24, 2.45) is 0 Å². The molecule has 2 heterocycles. The first-order valence-corrected chi connectivity index (χ1v) is 6.22. The molecule has 0 atom stereocenters. The number of fused-ring (bicyclic) bond motifs is 1. The number of phenols is 1. The van der Waals surface area contributed by atoms with E-state index in [9.17, 15) is 4.79 Å². The van der Waals surface area contributed by atoms with Gasteiger partial charge < -0.3 is 20.5 Å². The average Bonchev–Trinajstić information content (AvgIpc) is 2.41. The van der Waals surface area contributed by atoms with Gasteiger partial charge in [-0.05, 0) is 38.1 Å². The summed E-state index contributed by atoms with van der Waals surface area (Å²) in [6, 6.07) is 4.58. The standard InChI is InChI=1S/C8H7NO3.C5H11N/c10-5-1-2-7-6(3-5)9-8(11)4-12-7;1-2-4-6-5-3-1/h1-3,10H,4H2,(H,9,11);6H,1-5H2. The quantitative estimate of drug-likeness (QED) is 0.652. The Bertz CT molecular complexity index is 405. The molecular weight excluding hydrogens is 232 g/mol. The predicted molar refractivity (Wildman–Crippen MR) is 69.0 cm³/mol. The van der Waals surface area contributed by atoms with Gasteiger partial charge in [0.15, 0.2) is 6.61 Å². The molecule has 1 amide bonds. The normalized spacial score (nSPS) is 17.7. The van der Waals surface area contributed by atoms with Gasteiger partial charge in [-0.25, -0.2) is 0 Å². The Morgan fingerprint density at radius 2 is 1.94 bits per heavy atom. The van der Waals surface area contributed by atoms with Crippen LogP contribution in [0.3, 0.4) is 0 Å². The van der Waals surface area contributed by atoms with Gasteiger partial charge in [-0.2, -0.15) is 0 Å². The Labute approximate surface area is 106 Å². The van der Waals surface area contributed by atoms with Crippen LogP contribution < -0.4 is 15.4 Å². The van der Waals surface area contributed by atoms with Crippen LogP contribution in [0.25, 0.3) is 0 Å². The van der Waals surface area contributed by atoms with Gasteiger partial charge in [-0.15, -0.1) is 0 Å². The molecule has 5 nitrogen and oxygen atoms in total. The lowest BCUT2D eigenvalue weighted by atomic mass is 10.2. The minimum Gasteiger partial charge on any atom is -0.508 e. The molecule has 0 aliphatic carbocycles. The van der Waals surface area contributed by atoms with Gasteiger partial charge in [0.2, 0.25) is 0 Å². The minimum atomic E-state index is -0.201. The molecule has 0 aromatic heterocycles. The molecule has 1 aromatic carbocycles. The van der Waals surface area contributed by atoms with Crippen molar-refractivity contribution in [2.75, 3.05) is 25.0 Å². The van der Waals surface area contributed by atoms with E-state index in [0.717, 1.165) is 0 Å². The van der Waals surface area contributed by atoms with Crippen LogP contribution in [0.15, 0.2) is 18.2 Å². The Kier molecular flexibility index (Phi) is 4.41. The van der Waals surface area contributed by atoms with Crippen LogP contribution in [0.5, 0.6) is 11.5 Å². The molecule has 0 spiro atoms. The maximum atomic E-state index is 10.8. The van der Waals surface area contributed by atoms with Crippen LogP contribution in [0.1, 0.15) is 19.3 Å². The molecule has 0 saturated carbocycles. The number of amides is 1. The zero-order valence-electron chi connectivity index (χ0n) is 10.2. The van der Waals surface area contributed by atoms with Crippen molar-refractivity contribution in [1.82, 2.24) is 5.32 Å². The minimum absolute atomic E-state index is 0.0395. The molecule has 5 heteroatoms. The molecule has 98 valence electrons. The summed E-state index contributed by atoms with van der Waals surface area (Å²) >= 11 is 0. The summed E-state index contributed by atoms with van der Waals surface area (Å²) < 4.78 is 5.07. The fourth-order valence-electron chi connectivity index (χ4n) is 1.87. The summed E-state index contributed by atoms with van der Waals surface area (Å²) in [4.78, 5) is 10.8. The first kappa shape index (κ1) is 12.7. The van der Waals surface area contributed by atoms with Crippen molar-refractivity contribution in [3.05, 3.63) is 18.2 Å². The molecule has 0 unspecified atom stereocenters. The van der Waals surface area contributed by atoms with Gasteiger partial charge in [0, 0.05) is 6.07 Å². The third kappa shape index (κ3) is 3.63. The molecule has 3 N–H and O–H groups in total. The van der Waals surface area contributed by atoms with Crippen molar-refractivity contribution >= 4 is 11.6 Å². The highest BCUT2D eigenvalue weighted by Gasteiger charge is 2.15. The highest BCUT2D eigenvalue weighted by Crippen LogP contribution is 2.30. The predicted octanol–water partition coefficient (Wildman–Crippen LogP) is 1.48. The Balaban J connectivity index is 0.000000169. The summed E-state index contributed by atoms with van der Waals surface area (Å²) in [7, 11) is 0. The zero-order chi connectivity index (χ0) is 12.8. The van der Waals surface area contributed by atoms with Crippen LogP contribution >= 0.6 is 0 Å². The Morgan fingerprint density at radius 3 is 2.56 bits per heavy atom. The van der Waals surface area contributed by atoms with Crippen molar-refractivity contribution in [3.63, 3.8) is 0 Å². The largest absolute Gasteiger partial charge is 0.508 e. The highest BCUT2D eigenvalue weighted by molar-refractivity contribution is 5.95. The van der Waals surface area contributed by atoms with E-state index in [0.29, 0.717) is 11.4 Å². The number of hydrogen-bond donors (Lipinski definition) is 3. The van der Waals surface area contributed by atoms with Gasteiger partial charge in [0.1, 0.15) is 11.5 Å². The average molecular weight is 250 g/mol. The number of rotatable bonds is 0. The van der Waals surface area contributed by atoms with Crippen LogP contribution in [0.4, 0.5) is 5.69 Å². The van der Waals surface area contributed by atoms with E-state index in [1.807, 2.05) is 0 Å². The lowest BCUT2D eigenvalue weighted by Gasteiger charge is -2.17. The van der Waals surface area contributed by atoms with E-state index in [1.165, 1.54) is 44.5 Å². The van der Waals surface area contributed by atoms with Gasteiger partial charge in [-0.3, -0.25) is 4.79 Å². The van der Waals surface area contributed by atoms with E-state index in [2.05, 4.69) is 10.6 Å². The van der Waals surface area contributed by atoms with Crippen LogP contribution in [0, 0.1) is 0 Å². The lowest BCUT2D eigenvalue weighted by molar-refractivity contribution is -0.118. The van der Waals surface area contributed by atoms with E-state index < -0.39 is 0 Å². The number of hydrogen-bond acceptors (Lipinski definition) is 4. The van der Waals surface area contributed by atoms with Gasteiger partial charge in [-0.1, -0.05) is 6.42 Å². The van der Waals surface area contributed by atoms with Gasteiger partial charge in [0.25, 0.3) is 5.91 Å². The van der Waals surface area contributed by atoms with Gasteiger partial charge >= 0.3 is 0 Å². The number of anilines is 1. The Morgan fingerprint density at radius 1 is 1.17 bits per heavy atom. The highest BCUT2D eigenvalue weighted by atomic mass is 16.5. The van der Waals surface area contributed by atoms with Crippen molar-refractivity contribution < 1.29 is 14.6 Å². The maximum Gasteiger partial charge on any atom is 0.262 e. The number of piperidine rings is 1. The summed E-state index contributed by atoms with van der Waals surface area (Å²) in [5.41, 5.74) is 0.520. The second-order valence-electron chi connectivity index (χ2n) is 4.33. The van der Waals surface area contributed by atoms with Crippen LogP contribution in [-0.2, 0) is 4.79 Å². The summed E-state index contributed by atoms with van der Waals surface area (Å²) in [5, 5.41) is 14.9. The molecular formula is C13H18N2O3. The molecule has 1 saturated heterocycles. The molecule has 0 radical (unpaired) electrons. The van der Waals surface area contributed by atoms with Crippen LogP contribution in [0.2, 0.25) is 0 Å². The second kappa shape index (κ2) is 6.26. The fourth-order valence-corrected chi connectivity index (χ4v) is 1.87. The van der Waals surface area contributed by atoms with E-state index >= 15 is 0 Å². The fraction of sp³-hybridized carbons (Fsp3) is 0.462. The molecule has 1 aromatic rings. The molecule has 18 heavy (non-hydrogen) atoms. The number of carbonyl (C=O) groups is 1. The summed E-state index contributed by atoms with van der Waals surface area (Å²) in [6.45, 7) is 2.54. The van der Waals surface area contributed by atoms with Crippen molar-refractivity contribution in [1.29, 1.82) is 0 Å². The first-order chi connectivity index (χ1) is 8.75. The molecule has 2 aliphatic rings. The number of ether oxygens (including phenoxy) is 1. The number of aromatic hydroxyl groups is 1. The topological polar surface area (TPSA) is 70.6 Å². The smallest absolute Gasteiger partial charge is 0.262 e. The van der Waals surface area contributed by atoms with Crippen molar-refractivity contribution in [2.45, 2.75) is 19.3 Å². The van der Waals surface area contributed by atoms with E-state index in [1.54, 1.807) is 6.07 Å². The Hall–Kier alpha value is -1.75. The third-order valence-corrected chi connectivity index (χ3v) is 2.80. The first-order valence-electron chi connectivity index (χ1n) is 6.22. The summed E-state index contributed by atoms with van der Waals surface area (Å²) in [6.07, 6.45) is 4.22. The lowest BCUT2D eigenvalue weighted by Crippen LogP contribution is -2.25. The molecule has 0 bridgehead atoms. The molecule has 1 fully saturated rings. The number of nitrogens with one attached hydrogen (secondary N) is 2. The number of benzene rings is 1.